The van der Waals surface area contributed by atoms with E-state index in [2.05, 4.69) is 67.8 Å². The molecule has 2 aliphatic rings. The quantitative estimate of drug-likeness (QED) is 0.0205. The van der Waals surface area contributed by atoms with E-state index < -0.39 is 86.8 Å². The molecule has 9 N–H and O–H groups in total. The van der Waals surface area contributed by atoms with E-state index in [0.717, 1.165) is 51.4 Å². The van der Waals surface area contributed by atoms with Crippen LogP contribution in [0.4, 0.5) is 0 Å². The lowest BCUT2D eigenvalue weighted by atomic mass is 9.97. The summed E-state index contributed by atoms with van der Waals surface area (Å²) in [6, 6.07) is -0.948. The lowest BCUT2D eigenvalue weighted by Gasteiger charge is -2.46. The first-order valence-corrected chi connectivity index (χ1v) is 28.5. The van der Waals surface area contributed by atoms with E-state index in [-0.39, 0.29) is 18.9 Å². The van der Waals surface area contributed by atoms with Crippen molar-refractivity contribution in [3.8, 4) is 0 Å². The summed E-state index contributed by atoms with van der Waals surface area (Å²) in [6.07, 6.45) is 38.5. The van der Waals surface area contributed by atoms with Gasteiger partial charge in [-0.15, -0.1) is 0 Å². The largest absolute Gasteiger partial charge is 0.394 e. The van der Waals surface area contributed by atoms with Gasteiger partial charge < -0.3 is 65.1 Å². The number of aliphatic hydroxyl groups excluding tert-OH is 8. The Morgan fingerprint density at radius 1 is 0.514 bits per heavy atom. The van der Waals surface area contributed by atoms with Gasteiger partial charge in [-0.3, -0.25) is 4.79 Å². The molecule has 0 spiro atoms. The Morgan fingerprint density at radius 2 is 0.972 bits per heavy atom. The molecule has 12 atom stereocenters. The van der Waals surface area contributed by atoms with Gasteiger partial charge in [-0.1, -0.05) is 197 Å². The van der Waals surface area contributed by atoms with Crippen molar-refractivity contribution in [2.45, 2.75) is 280 Å². The monoisotopic (exact) mass is 1020 g/mol. The van der Waals surface area contributed by atoms with E-state index >= 15 is 0 Å². The number of hydrogen-bond donors (Lipinski definition) is 9. The molecule has 0 aromatic rings. The van der Waals surface area contributed by atoms with Crippen molar-refractivity contribution in [1.29, 1.82) is 0 Å². The van der Waals surface area contributed by atoms with Crippen molar-refractivity contribution in [1.82, 2.24) is 5.32 Å². The maximum Gasteiger partial charge on any atom is 0.220 e. The molecule has 14 heteroatoms. The summed E-state index contributed by atoms with van der Waals surface area (Å²) in [6.45, 7) is 2.64. The Labute approximate surface area is 435 Å². The van der Waals surface area contributed by atoms with Gasteiger partial charge in [-0.2, -0.15) is 0 Å². The minimum Gasteiger partial charge on any atom is -0.394 e. The van der Waals surface area contributed by atoms with Crippen LogP contribution in [0.25, 0.3) is 0 Å². The third-order valence-corrected chi connectivity index (χ3v) is 13.7. The van der Waals surface area contributed by atoms with Crippen LogP contribution in [0.15, 0.2) is 60.8 Å². The minimum absolute atomic E-state index is 0.236. The maximum absolute atomic E-state index is 13.2. The Kier molecular flexibility index (Phi) is 40.1. The highest BCUT2D eigenvalue weighted by Crippen LogP contribution is 2.30. The molecule has 2 fully saturated rings. The Morgan fingerprint density at radius 3 is 1.53 bits per heavy atom. The van der Waals surface area contributed by atoms with Crippen molar-refractivity contribution in [2.24, 2.45) is 0 Å². The SMILES string of the molecule is CC/C=C\C/C=C\C/C=C\CCCCCC(=O)NC(COC1OC(CO)C(OC2OC(CO)C(O)C(O)C2O)C(O)C1O)C(O)/C=C/CC/C=C/CCCCCCCCCCCCCCCCCCCCC. The molecular formula is C58H103NO13. The van der Waals surface area contributed by atoms with Crippen molar-refractivity contribution in [3.63, 3.8) is 0 Å². The summed E-state index contributed by atoms with van der Waals surface area (Å²) in [4.78, 5) is 13.2. The van der Waals surface area contributed by atoms with E-state index in [4.69, 9.17) is 18.9 Å². The Bertz CT molecular complexity index is 1440. The summed E-state index contributed by atoms with van der Waals surface area (Å²) in [5.74, 6) is -0.280. The van der Waals surface area contributed by atoms with Crippen LogP contribution in [0.1, 0.15) is 206 Å². The second-order valence-electron chi connectivity index (χ2n) is 20.0. The second-order valence-corrected chi connectivity index (χ2v) is 20.0. The normalized spacial score (nSPS) is 26.0. The zero-order valence-electron chi connectivity index (χ0n) is 44.7. The fraction of sp³-hybridized carbons (Fsp3) is 0.810. The van der Waals surface area contributed by atoms with Crippen LogP contribution in [-0.4, -0.2) is 140 Å². The smallest absolute Gasteiger partial charge is 0.220 e. The van der Waals surface area contributed by atoms with Gasteiger partial charge >= 0.3 is 0 Å². The molecule has 14 nitrogen and oxygen atoms in total. The van der Waals surface area contributed by atoms with E-state index in [0.29, 0.717) is 12.8 Å². The van der Waals surface area contributed by atoms with Gasteiger partial charge in [0.15, 0.2) is 12.6 Å². The van der Waals surface area contributed by atoms with Crippen LogP contribution < -0.4 is 5.32 Å². The lowest BCUT2D eigenvalue weighted by molar-refractivity contribution is -0.359. The molecular weight excluding hydrogens is 919 g/mol. The highest BCUT2D eigenvalue weighted by molar-refractivity contribution is 5.76. The molecule has 0 aliphatic carbocycles. The molecule has 0 saturated carbocycles. The molecule has 0 aromatic carbocycles. The van der Waals surface area contributed by atoms with Crippen LogP contribution >= 0.6 is 0 Å². The van der Waals surface area contributed by atoms with Crippen molar-refractivity contribution in [2.75, 3.05) is 19.8 Å². The van der Waals surface area contributed by atoms with Crippen LogP contribution in [-0.2, 0) is 23.7 Å². The first-order valence-electron chi connectivity index (χ1n) is 28.5. The summed E-state index contributed by atoms with van der Waals surface area (Å²) in [7, 11) is 0. The molecule has 0 bridgehead atoms. The number of carbonyl (C=O) groups is 1. The molecule has 2 aliphatic heterocycles. The Balaban J connectivity index is 1.78. The molecule has 1 amide bonds. The van der Waals surface area contributed by atoms with E-state index in [9.17, 15) is 45.6 Å². The number of amides is 1. The van der Waals surface area contributed by atoms with E-state index in [1.165, 1.54) is 122 Å². The van der Waals surface area contributed by atoms with Gasteiger partial charge in [-0.25, -0.2) is 0 Å². The average molecular weight is 1020 g/mol. The Hall–Kier alpha value is -2.31. The number of ether oxygens (including phenoxy) is 4. The number of hydrogen-bond acceptors (Lipinski definition) is 13. The lowest BCUT2D eigenvalue weighted by Crippen LogP contribution is -2.65. The second kappa shape index (κ2) is 43.9. The molecule has 418 valence electrons. The number of unbranched alkanes of at least 4 members (excludes halogenated alkanes) is 23. The van der Waals surface area contributed by atoms with Crippen molar-refractivity contribution in [3.05, 3.63) is 60.8 Å². The van der Waals surface area contributed by atoms with Crippen LogP contribution in [0, 0.1) is 0 Å². The minimum atomic E-state index is -1.80. The van der Waals surface area contributed by atoms with Gasteiger partial charge in [0.25, 0.3) is 0 Å². The van der Waals surface area contributed by atoms with Crippen LogP contribution in [0.3, 0.4) is 0 Å². The number of nitrogens with one attached hydrogen (secondary N) is 1. The highest BCUT2D eigenvalue weighted by Gasteiger charge is 2.51. The standard InChI is InChI=1S/C58H103NO13/c1-3-5-7-9-11-13-15-17-18-19-20-21-22-23-24-25-26-27-28-30-31-33-35-37-39-41-47(62)46(59-50(63)42-40-38-36-34-32-29-16-14-12-10-8-6-4-2)45-69-57-55(68)53(66)56(49(44-61)71-57)72-58-54(67)52(65)51(64)48(43-60)70-58/h6,8,12,14,29,31-33,39,41,46-49,51-58,60-62,64-68H,3-5,7,9-11,13,15-28,30,34-38,40,42-45H2,1-2H3,(H,59,63)/b8-6-,14-12-,32-29-,33-31+,41-39+. The molecule has 0 radical (unpaired) electrons. The summed E-state index contributed by atoms with van der Waals surface area (Å²) < 4.78 is 22.7. The molecule has 2 saturated heterocycles. The van der Waals surface area contributed by atoms with Crippen molar-refractivity contribution >= 4 is 5.91 Å². The topological polar surface area (TPSA) is 228 Å². The van der Waals surface area contributed by atoms with Crippen LogP contribution in [0.5, 0.6) is 0 Å². The van der Waals surface area contributed by atoms with Gasteiger partial charge in [0.2, 0.25) is 5.91 Å². The molecule has 12 unspecified atom stereocenters. The molecule has 72 heavy (non-hydrogen) atoms. The predicted octanol–water partition coefficient (Wildman–Crippen LogP) is 9.00. The van der Waals surface area contributed by atoms with Gasteiger partial charge in [0, 0.05) is 6.42 Å². The summed E-state index contributed by atoms with van der Waals surface area (Å²) in [5.41, 5.74) is 0. The average Bonchev–Trinajstić information content (AvgIpc) is 3.38. The van der Waals surface area contributed by atoms with E-state index in [1.54, 1.807) is 6.08 Å². The van der Waals surface area contributed by atoms with Gasteiger partial charge in [-0.05, 0) is 64.2 Å². The van der Waals surface area contributed by atoms with E-state index in [1.807, 2.05) is 6.08 Å². The van der Waals surface area contributed by atoms with Gasteiger partial charge in [0.05, 0.1) is 32.0 Å². The predicted molar refractivity (Wildman–Crippen MR) is 286 cm³/mol. The zero-order valence-corrected chi connectivity index (χ0v) is 44.7. The zero-order chi connectivity index (χ0) is 52.4. The van der Waals surface area contributed by atoms with Gasteiger partial charge in [0.1, 0.15) is 48.8 Å². The first-order chi connectivity index (χ1) is 35.1. The third kappa shape index (κ3) is 29.7. The first kappa shape index (κ1) is 65.8. The number of carbonyl (C=O) groups excluding carboxylic acids is 1. The molecule has 2 rings (SSSR count). The third-order valence-electron chi connectivity index (χ3n) is 13.7. The highest BCUT2D eigenvalue weighted by atomic mass is 16.7. The molecule has 0 aromatic heterocycles. The summed E-state index contributed by atoms with van der Waals surface area (Å²) >= 11 is 0. The number of allylic oxidation sites excluding steroid dienone is 9. The number of aliphatic hydroxyl groups is 8. The van der Waals surface area contributed by atoms with Crippen LogP contribution in [0.2, 0.25) is 0 Å². The maximum atomic E-state index is 13.2. The fourth-order valence-electron chi connectivity index (χ4n) is 9.09. The fourth-order valence-corrected chi connectivity index (χ4v) is 9.09. The van der Waals surface area contributed by atoms with Crippen molar-refractivity contribution < 1.29 is 64.6 Å². The molecule has 2 heterocycles. The number of rotatable bonds is 44. The summed E-state index contributed by atoms with van der Waals surface area (Å²) in [5, 5.41) is 86.9.